The topological polar surface area (TPSA) is 0 Å². The van der Waals surface area contributed by atoms with Crippen LogP contribution in [-0.4, -0.2) is 237 Å². The van der Waals surface area contributed by atoms with Gasteiger partial charge in [0.05, 0.1) is 113 Å². The average Bonchev–Trinajstić information content (AvgIpc) is 3.53. The molecule has 4 unspecified atom stereocenters. The minimum Gasteiger partial charge on any atom is -0.255 e. The molecule has 0 aliphatic rings. The molecular formula is C52H100F44. The van der Waals surface area contributed by atoms with Gasteiger partial charge in [0.1, 0.15) is 88.9 Å². The molecule has 0 radical (unpaired) electrons. The van der Waals surface area contributed by atoms with Gasteiger partial charge in [0, 0.05) is 26.7 Å². The summed E-state index contributed by atoms with van der Waals surface area (Å²) in [7, 11) is 7.00. The highest BCUT2D eigenvalue weighted by molar-refractivity contribution is 4.93. The maximum atomic E-state index is 12.7. The lowest BCUT2D eigenvalue weighted by atomic mass is 9.86. The van der Waals surface area contributed by atoms with Gasteiger partial charge < -0.3 is 0 Å². The number of hydrogen-bond donors (Lipinski definition) is 0. The molecule has 0 saturated heterocycles. The highest BCUT2D eigenvalue weighted by Crippen LogP contribution is 2.43. The first-order valence-electron chi connectivity index (χ1n) is 24.1. The zero-order chi connectivity index (χ0) is 84.9. The Labute approximate surface area is 536 Å². The van der Waals surface area contributed by atoms with Gasteiger partial charge >= 0.3 is 0 Å². The van der Waals surface area contributed by atoms with Crippen LogP contribution in [0, 0.1) is 10.8 Å². The minimum absolute atomic E-state index is 0.231. The molecule has 0 N–H and O–H groups in total. The SMILES string of the molecule is CC(F)(F)C(CF)(CF)CF.CC(F)(F)C(CF)(CF)CF.CC(F)(F)CC(C)(F)CF.CC(F)(F)CC(C)(F)CF.CC(F)(F)CC(F)(F)C(C)(F)CF.CC(F)(F)CC(F)(F)C(C)(F)CF.CF.CF.CF.CF.CF.CF.CF.CF.CF.CF.CF.CF.CF.CF. The van der Waals surface area contributed by atoms with Gasteiger partial charge in [0.15, 0.2) is 11.3 Å². The second-order valence-electron chi connectivity index (χ2n) is 17.3. The van der Waals surface area contributed by atoms with E-state index in [-0.39, 0.29) is 27.7 Å². The zero-order valence-corrected chi connectivity index (χ0v) is 57.5. The van der Waals surface area contributed by atoms with Crippen LogP contribution in [0.3, 0.4) is 0 Å². The van der Waals surface area contributed by atoms with Crippen molar-refractivity contribution in [2.45, 2.75) is 165 Å². The van der Waals surface area contributed by atoms with Crippen molar-refractivity contribution in [3.63, 3.8) is 0 Å². The quantitative estimate of drug-likeness (QED) is 0.0948. The molecule has 0 bridgehead atoms. The van der Waals surface area contributed by atoms with Crippen LogP contribution in [-0.2, 0) is 0 Å². The van der Waals surface area contributed by atoms with Gasteiger partial charge in [-0.3, -0.25) is 87.8 Å². The van der Waals surface area contributed by atoms with Gasteiger partial charge in [0.25, 0.3) is 35.5 Å². The van der Waals surface area contributed by atoms with E-state index in [1.54, 1.807) is 0 Å². The van der Waals surface area contributed by atoms with E-state index in [1.165, 1.54) is 0 Å². The summed E-state index contributed by atoms with van der Waals surface area (Å²) in [6, 6.07) is 0. The summed E-state index contributed by atoms with van der Waals surface area (Å²) in [6.07, 6.45) is -6.10. The number of alkyl halides is 44. The van der Waals surface area contributed by atoms with Crippen LogP contribution in [0.15, 0.2) is 0 Å². The van der Waals surface area contributed by atoms with E-state index in [9.17, 15) is 193 Å². The van der Waals surface area contributed by atoms with Crippen LogP contribution < -0.4 is 0 Å². The van der Waals surface area contributed by atoms with Crippen molar-refractivity contribution < 1.29 is 193 Å². The lowest BCUT2D eigenvalue weighted by Crippen LogP contribution is -2.46. The van der Waals surface area contributed by atoms with E-state index < -0.39 is 173 Å². The standard InChI is InChI=1S/2C7H10F6.2C6H9F5.2C6H10F4.14CH3F/c2*1-5(9,4-8)7(12,13)3-6(2,10)11;2*1-5(10,11)6(2-7,3-8)4-9;2*1-5(8,4-7)3-6(2,9)10;14*1-2/h2*3-4H2,1-2H3;2*2-4H2,1H3;2*3-4H2,1-2H3;14*1H3. The smallest absolute Gasteiger partial charge is 0.255 e. The molecule has 0 saturated carbocycles. The summed E-state index contributed by atoms with van der Waals surface area (Å²) < 4.78 is 497. The zero-order valence-electron chi connectivity index (χ0n) is 57.5. The van der Waals surface area contributed by atoms with Crippen molar-refractivity contribution in [3.8, 4) is 0 Å². The highest BCUT2D eigenvalue weighted by atomic mass is 19.3. The van der Waals surface area contributed by atoms with E-state index in [0.717, 1.165) is 13.8 Å². The van der Waals surface area contributed by atoms with Crippen molar-refractivity contribution in [3.05, 3.63) is 0 Å². The lowest BCUT2D eigenvalue weighted by molar-refractivity contribution is -0.181. The molecule has 4 atom stereocenters. The van der Waals surface area contributed by atoms with Crippen molar-refractivity contribution in [1.82, 2.24) is 0 Å². The Balaban J connectivity index is -0.0000000373. The second-order valence-corrected chi connectivity index (χ2v) is 17.3. The Morgan fingerprint density at radius 3 is 0.323 bits per heavy atom. The van der Waals surface area contributed by atoms with Gasteiger partial charge in [-0.15, -0.1) is 0 Å². The van der Waals surface area contributed by atoms with Gasteiger partial charge in [0.2, 0.25) is 11.8 Å². The summed E-state index contributed by atoms with van der Waals surface area (Å²) in [5, 5.41) is 0. The van der Waals surface area contributed by atoms with Crippen LogP contribution >= 0.6 is 0 Å². The summed E-state index contributed by atoms with van der Waals surface area (Å²) in [5.74, 6) is -29.7. The monoisotopic (exact) mass is 1560 g/mol. The predicted octanol–water partition coefficient (Wildman–Crippen LogP) is 25.5. The van der Waals surface area contributed by atoms with Crippen molar-refractivity contribution >= 4 is 0 Å². The molecule has 616 valence electrons. The van der Waals surface area contributed by atoms with E-state index >= 15 is 0 Å². The molecule has 0 aliphatic carbocycles. The Morgan fingerprint density at radius 2 is 0.281 bits per heavy atom. The third-order valence-electron chi connectivity index (χ3n) is 8.40. The Kier molecular flexibility index (Phi) is 130. The predicted molar refractivity (Wildman–Crippen MR) is 293 cm³/mol. The molecule has 0 aromatic heterocycles. The molecule has 0 spiro atoms. The molecule has 0 fully saturated rings. The van der Waals surface area contributed by atoms with Crippen molar-refractivity contribution in [2.24, 2.45) is 10.8 Å². The third-order valence-corrected chi connectivity index (χ3v) is 8.40. The minimum atomic E-state index is -4.36. The molecule has 0 aliphatic heterocycles. The summed E-state index contributed by atoms with van der Waals surface area (Å²) in [4.78, 5) is 0. The van der Waals surface area contributed by atoms with Crippen LogP contribution in [0.2, 0.25) is 0 Å². The molecule has 0 rings (SSSR count). The first kappa shape index (κ1) is 148. The first-order chi connectivity index (χ1) is 43.4. The Bertz CT molecular complexity index is 1180. The number of hydrogen-bond acceptors (Lipinski definition) is 0. The summed E-state index contributed by atoms with van der Waals surface area (Å²) in [5.41, 5.74) is -17.4. The molecule has 0 aromatic carbocycles. The normalized spacial score (nSPS) is 12.9. The molecule has 96 heavy (non-hydrogen) atoms. The molecule has 0 aromatic rings. The van der Waals surface area contributed by atoms with Gasteiger partial charge in [-0.2, -0.15) is 0 Å². The number of rotatable bonds is 22. The Morgan fingerprint density at radius 1 is 0.167 bits per heavy atom. The van der Waals surface area contributed by atoms with Crippen molar-refractivity contribution in [2.75, 3.05) is 167 Å². The van der Waals surface area contributed by atoms with Crippen LogP contribution in [0.5, 0.6) is 0 Å². The van der Waals surface area contributed by atoms with E-state index in [1.807, 2.05) is 0 Å². The molecule has 0 amide bonds. The molecule has 0 heterocycles. The maximum absolute atomic E-state index is 12.7. The Hall–Kier alpha value is -3.08. The van der Waals surface area contributed by atoms with E-state index in [0.29, 0.717) is 128 Å². The van der Waals surface area contributed by atoms with Gasteiger partial charge in [-0.25, -0.2) is 105 Å². The van der Waals surface area contributed by atoms with Crippen LogP contribution in [0.4, 0.5) is 193 Å². The number of halogens is 44. The van der Waals surface area contributed by atoms with Crippen LogP contribution in [0.1, 0.15) is 94.9 Å². The van der Waals surface area contributed by atoms with Crippen molar-refractivity contribution in [1.29, 1.82) is 0 Å². The maximum Gasteiger partial charge on any atom is 0.289 e. The molecule has 44 heteroatoms. The highest BCUT2D eigenvalue weighted by Gasteiger charge is 2.57. The van der Waals surface area contributed by atoms with Gasteiger partial charge in [-0.1, -0.05) is 0 Å². The van der Waals surface area contributed by atoms with Gasteiger partial charge in [-0.05, 0) is 55.4 Å². The second kappa shape index (κ2) is 84.3. The van der Waals surface area contributed by atoms with E-state index in [4.69, 9.17) is 0 Å². The third kappa shape index (κ3) is 97.3. The largest absolute Gasteiger partial charge is 0.289 e. The summed E-state index contributed by atoms with van der Waals surface area (Å²) >= 11 is 0. The molecule has 0 nitrogen and oxygen atoms in total. The lowest BCUT2D eigenvalue weighted by Gasteiger charge is -2.30. The van der Waals surface area contributed by atoms with Crippen LogP contribution in [0.25, 0.3) is 0 Å². The van der Waals surface area contributed by atoms with E-state index in [2.05, 4.69) is 0 Å². The summed E-state index contributed by atoms with van der Waals surface area (Å²) in [6.45, 7) is -12.5. The first-order valence-corrected chi connectivity index (χ1v) is 24.1. The fraction of sp³-hybridized carbons (Fsp3) is 1.00. The molecular weight excluding hydrogens is 1460 g/mol. The fourth-order valence-corrected chi connectivity index (χ4v) is 3.65. The fourth-order valence-electron chi connectivity index (χ4n) is 3.65. The average molecular weight is 1560 g/mol.